The number of oxime groups is 1. The van der Waals surface area contributed by atoms with Gasteiger partial charge in [0.05, 0.1) is 7.11 Å². The molecule has 0 bridgehead atoms. The fourth-order valence-electron chi connectivity index (χ4n) is 2.57. The predicted octanol–water partition coefficient (Wildman–Crippen LogP) is 1.34. The van der Waals surface area contributed by atoms with E-state index >= 15 is 0 Å². The van der Waals surface area contributed by atoms with Gasteiger partial charge in [0.15, 0.2) is 0 Å². The molecule has 6 heteroatoms. The Morgan fingerprint density at radius 1 is 1.33 bits per heavy atom. The van der Waals surface area contributed by atoms with Crippen LogP contribution in [0.3, 0.4) is 0 Å². The second-order valence-electron chi connectivity index (χ2n) is 5.23. The van der Waals surface area contributed by atoms with Crippen LogP contribution in [0.2, 0.25) is 0 Å². The molecule has 1 aromatic rings. The first-order valence-electron chi connectivity index (χ1n) is 7.30. The maximum absolute atomic E-state index is 8.51. The summed E-state index contributed by atoms with van der Waals surface area (Å²) in [5.74, 6) is 1.21. The number of ether oxygens (including phenoxy) is 1. The molecule has 0 radical (unpaired) electrons. The summed E-state index contributed by atoms with van der Waals surface area (Å²) in [6.07, 6.45) is 1.57. The van der Waals surface area contributed by atoms with Crippen LogP contribution in [0.4, 0.5) is 5.69 Å². The minimum absolute atomic E-state index is 0.310. The van der Waals surface area contributed by atoms with Crippen molar-refractivity contribution >= 4 is 11.5 Å². The van der Waals surface area contributed by atoms with Crippen molar-refractivity contribution in [3.8, 4) is 5.75 Å². The molecule has 3 N–H and O–H groups in total. The number of amidine groups is 1. The number of nitrogens with two attached hydrogens (primary N) is 1. The second-order valence-corrected chi connectivity index (χ2v) is 5.23. The molecule has 0 unspecified atom stereocenters. The Hall–Kier alpha value is -1.95. The van der Waals surface area contributed by atoms with Crippen LogP contribution in [0.5, 0.6) is 5.75 Å². The van der Waals surface area contributed by atoms with Crippen molar-refractivity contribution in [2.24, 2.45) is 10.9 Å². The number of nitrogens with zero attached hydrogens (tertiary/aromatic N) is 3. The van der Waals surface area contributed by atoms with Crippen molar-refractivity contribution in [2.75, 3.05) is 44.7 Å². The van der Waals surface area contributed by atoms with Gasteiger partial charge in [0.2, 0.25) is 0 Å². The summed E-state index contributed by atoms with van der Waals surface area (Å²) in [6.45, 7) is 5.08. The summed E-state index contributed by atoms with van der Waals surface area (Å²) < 4.78 is 5.27. The van der Waals surface area contributed by atoms with E-state index in [1.165, 1.54) is 5.69 Å². The van der Waals surface area contributed by atoms with Crippen molar-refractivity contribution in [1.82, 2.24) is 4.90 Å². The van der Waals surface area contributed by atoms with E-state index in [0.717, 1.165) is 44.9 Å². The largest absolute Gasteiger partial charge is 0.497 e. The van der Waals surface area contributed by atoms with Gasteiger partial charge in [-0.15, -0.1) is 0 Å². The maximum Gasteiger partial charge on any atom is 0.139 e. The number of benzene rings is 1. The summed E-state index contributed by atoms with van der Waals surface area (Å²) in [4.78, 5) is 4.80. The highest BCUT2D eigenvalue weighted by Crippen LogP contribution is 2.22. The summed E-state index contributed by atoms with van der Waals surface area (Å²) in [5.41, 5.74) is 6.69. The van der Waals surface area contributed by atoms with E-state index in [1.807, 2.05) is 12.1 Å². The topological polar surface area (TPSA) is 74.3 Å². The van der Waals surface area contributed by atoms with Gasteiger partial charge in [-0.2, -0.15) is 0 Å². The van der Waals surface area contributed by atoms with Crippen LogP contribution < -0.4 is 15.4 Å². The Balaban J connectivity index is 1.77. The maximum atomic E-state index is 8.51. The van der Waals surface area contributed by atoms with Gasteiger partial charge in [0, 0.05) is 44.4 Å². The van der Waals surface area contributed by atoms with Crippen molar-refractivity contribution in [2.45, 2.75) is 12.8 Å². The molecule has 1 aromatic carbocycles. The normalized spacial score (nSPS) is 17.0. The van der Waals surface area contributed by atoms with Crippen molar-refractivity contribution < 1.29 is 9.94 Å². The lowest BCUT2D eigenvalue weighted by molar-refractivity contribution is 0.255. The highest BCUT2D eigenvalue weighted by molar-refractivity contribution is 5.79. The minimum Gasteiger partial charge on any atom is -0.497 e. The smallest absolute Gasteiger partial charge is 0.139 e. The Morgan fingerprint density at radius 3 is 2.76 bits per heavy atom. The molecular weight excluding hydrogens is 268 g/mol. The first kappa shape index (κ1) is 15.4. The van der Waals surface area contributed by atoms with Gasteiger partial charge in [-0.05, 0) is 25.1 Å². The zero-order valence-electron chi connectivity index (χ0n) is 12.5. The van der Waals surface area contributed by atoms with Crippen LogP contribution in [0.1, 0.15) is 12.8 Å². The molecule has 1 aliphatic rings. The lowest BCUT2D eigenvalue weighted by atomic mass is 10.2. The van der Waals surface area contributed by atoms with E-state index in [9.17, 15) is 0 Å². The molecule has 0 saturated carbocycles. The molecule has 1 saturated heterocycles. The van der Waals surface area contributed by atoms with E-state index in [1.54, 1.807) is 7.11 Å². The Kier molecular flexibility index (Phi) is 5.68. The molecule has 2 rings (SSSR count). The Morgan fingerprint density at radius 2 is 2.10 bits per heavy atom. The standard InChI is InChI=1S/C15H24N4O2/c1-21-14-5-2-4-13(12-14)19-10-8-18(9-11-19)7-3-6-15(16)17-20/h2,4-5,12,20H,3,6-11H2,1H3,(H2,16,17). The number of methoxy groups -OCH3 is 1. The highest BCUT2D eigenvalue weighted by atomic mass is 16.5. The minimum atomic E-state index is 0.310. The van der Waals surface area contributed by atoms with Crippen LogP contribution >= 0.6 is 0 Å². The van der Waals surface area contributed by atoms with E-state index < -0.39 is 0 Å². The average Bonchev–Trinajstić information content (AvgIpc) is 2.55. The fraction of sp³-hybridized carbons (Fsp3) is 0.533. The van der Waals surface area contributed by atoms with Gasteiger partial charge in [-0.1, -0.05) is 11.2 Å². The zero-order chi connectivity index (χ0) is 15.1. The SMILES string of the molecule is COc1cccc(N2CCN(CCC/C(N)=N/O)CC2)c1. The number of hydrogen-bond donors (Lipinski definition) is 2. The van der Waals surface area contributed by atoms with Gasteiger partial charge >= 0.3 is 0 Å². The molecule has 1 fully saturated rings. The van der Waals surface area contributed by atoms with E-state index in [-0.39, 0.29) is 0 Å². The number of rotatable bonds is 6. The lowest BCUT2D eigenvalue weighted by Crippen LogP contribution is -2.46. The summed E-state index contributed by atoms with van der Waals surface area (Å²) >= 11 is 0. The molecule has 6 nitrogen and oxygen atoms in total. The molecule has 0 amide bonds. The van der Waals surface area contributed by atoms with Crippen molar-refractivity contribution in [1.29, 1.82) is 0 Å². The van der Waals surface area contributed by atoms with Crippen LogP contribution in [-0.2, 0) is 0 Å². The van der Waals surface area contributed by atoms with Crippen molar-refractivity contribution in [3.63, 3.8) is 0 Å². The van der Waals surface area contributed by atoms with Crippen molar-refractivity contribution in [3.05, 3.63) is 24.3 Å². The average molecular weight is 292 g/mol. The first-order valence-corrected chi connectivity index (χ1v) is 7.30. The van der Waals surface area contributed by atoms with Crippen LogP contribution in [0.25, 0.3) is 0 Å². The van der Waals surface area contributed by atoms with Crippen LogP contribution in [0, 0.1) is 0 Å². The third-order valence-corrected chi connectivity index (χ3v) is 3.83. The van der Waals surface area contributed by atoms with E-state index in [2.05, 4.69) is 27.1 Å². The molecule has 0 atom stereocenters. The Bertz CT molecular complexity index is 470. The molecule has 21 heavy (non-hydrogen) atoms. The number of hydrogen-bond acceptors (Lipinski definition) is 5. The number of anilines is 1. The number of piperazine rings is 1. The quantitative estimate of drug-likeness (QED) is 0.358. The third kappa shape index (κ3) is 4.53. The predicted molar refractivity (Wildman–Crippen MR) is 84.3 cm³/mol. The molecule has 0 spiro atoms. The lowest BCUT2D eigenvalue weighted by Gasteiger charge is -2.36. The van der Waals surface area contributed by atoms with Gasteiger partial charge < -0.3 is 20.6 Å². The molecule has 0 aromatic heterocycles. The summed E-state index contributed by atoms with van der Waals surface area (Å²) in [7, 11) is 1.69. The van der Waals surface area contributed by atoms with Crippen LogP contribution in [-0.4, -0.2) is 55.8 Å². The molecule has 1 aliphatic heterocycles. The van der Waals surface area contributed by atoms with E-state index in [0.29, 0.717) is 12.3 Å². The van der Waals surface area contributed by atoms with Gasteiger partial charge in [0.1, 0.15) is 11.6 Å². The zero-order valence-corrected chi connectivity index (χ0v) is 12.5. The molecule has 116 valence electrons. The van der Waals surface area contributed by atoms with Gasteiger partial charge in [-0.3, -0.25) is 4.90 Å². The molecule has 1 heterocycles. The summed E-state index contributed by atoms with van der Waals surface area (Å²) in [6, 6.07) is 8.19. The fourth-order valence-corrected chi connectivity index (χ4v) is 2.57. The van der Waals surface area contributed by atoms with E-state index in [4.69, 9.17) is 15.7 Å². The van der Waals surface area contributed by atoms with Gasteiger partial charge in [0.25, 0.3) is 0 Å². The van der Waals surface area contributed by atoms with Crippen LogP contribution in [0.15, 0.2) is 29.4 Å². The monoisotopic (exact) mass is 292 g/mol. The summed E-state index contributed by atoms with van der Waals surface area (Å²) in [5, 5.41) is 11.5. The molecular formula is C15H24N4O2. The molecule has 0 aliphatic carbocycles. The third-order valence-electron chi connectivity index (χ3n) is 3.83. The van der Waals surface area contributed by atoms with Gasteiger partial charge in [-0.25, -0.2) is 0 Å². The Labute approximate surface area is 125 Å². The highest BCUT2D eigenvalue weighted by Gasteiger charge is 2.17. The first-order chi connectivity index (χ1) is 10.2. The second kappa shape index (κ2) is 7.73.